The molecular formula is C17H20FN3O2. The Morgan fingerprint density at radius 3 is 2.87 bits per heavy atom. The highest BCUT2D eigenvalue weighted by molar-refractivity contribution is 5.93. The maximum atomic E-state index is 14.1. The molecule has 1 saturated carbocycles. The number of rotatable bonds is 5. The Morgan fingerprint density at radius 1 is 1.43 bits per heavy atom. The normalized spacial score (nSPS) is 16.3. The minimum Gasteiger partial charge on any atom is -0.487 e. The van der Waals surface area contributed by atoms with Gasteiger partial charge in [-0.05, 0) is 44.7 Å². The van der Waals surface area contributed by atoms with Crippen molar-refractivity contribution < 1.29 is 13.9 Å². The van der Waals surface area contributed by atoms with E-state index in [1.165, 1.54) is 6.07 Å². The van der Waals surface area contributed by atoms with Gasteiger partial charge in [0.2, 0.25) is 5.91 Å². The van der Waals surface area contributed by atoms with E-state index in [-0.39, 0.29) is 17.8 Å². The van der Waals surface area contributed by atoms with Gasteiger partial charge in [0, 0.05) is 24.1 Å². The predicted molar refractivity (Wildman–Crippen MR) is 84.9 cm³/mol. The summed E-state index contributed by atoms with van der Waals surface area (Å²) in [5.41, 5.74) is 0.415. The van der Waals surface area contributed by atoms with Crippen molar-refractivity contribution in [1.29, 1.82) is 0 Å². The third kappa shape index (κ3) is 3.70. The lowest BCUT2D eigenvalue weighted by Crippen LogP contribution is -2.23. The maximum Gasteiger partial charge on any atom is 0.247 e. The summed E-state index contributed by atoms with van der Waals surface area (Å²) >= 11 is 0. The van der Waals surface area contributed by atoms with Gasteiger partial charge in [-0.1, -0.05) is 0 Å². The monoisotopic (exact) mass is 317 g/mol. The highest BCUT2D eigenvalue weighted by Crippen LogP contribution is 2.27. The van der Waals surface area contributed by atoms with Crippen molar-refractivity contribution in [2.24, 2.45) is 0 Å². The molecule has 1 fully saturated rings. The number of nitrogens with one attached hydrogen (secondary N) is 1. The van der Waals surface area contributed by atoms with Gasteiger partial charge in [0.1, 0.15) is 6.04 Å². The first-order valence-electron chi connectivity index (χ1n) is 7.88. The number of hydrogen-bond acceptors (Lipinski definition) is 3. The molecule has 1 aliphatic rings. The molecule has 0 aliphatic heterocycles. The Balaban J connectivity index is 1.64. The van der Waals surface area contributed by atoms with Crippen LogP contribution in [0.4, 0.5) is 10.1 Å². The molecular weight excluding hydrogens is 297 g/mol. The number of hydrogen-bond donors (Lipinski definition) is 1. The van der Waals surface area contributed by atoms with E-state index >= 15 is 0 Å². The van der Waals surface area contributed by atoms with Gasteiger partial charge >= 0.3 is 0 Å². The fourth-order valence-electron chi connectivity index (χ4n) is 2.74. The second-order valence-electron chi connectivity index (χ2n) is 5.84. The van der Waals surface area contributed by atoms with Crippen molar-refractivity contribution in [2.45, 2.75) is 44.8 Å². The fourth-order valence-corrected chi connectivity index (χ4v) is 2.74. The third-order valence-corrected chi connectivity index (χ3v) is 4.15. The Kier molecular flexibility index (Phi) is 4.60. The van der Waals surface area contributed by atoms with Crippen LogP contribution in [0.1, 0.15) is 38.6 Å². The predicted octanol–water partition coefficient (Wildman–Crippen LogP) is 3.54. The van der Waals surface area contributed by atoms with Crippen LogP contribution in [0.15, 0.2) is 36.9 Å². The van der Waals surface area contributed by atoms with Gasteiger partial charge in [-0.3, -0.25) is 4.79 Å². The zero-order valence-electron chi connectivity index (χ0n) is 13.0. The average molecular weight is 317 g/mol. The molecule has 1 heterocycles. The van der Waals surface area contributed by atoms with E-state index in [1.54, 1.807) is 42.3 Å². The summed E-state index contributed by atoms with van der Waals surface area (Å²) in [5, 5.41) is 2.71. The van der Waals surface area contributed by atoms with Crippen LogP contribution in [-0.2, 0) is 4.79 Å². The summed E-state index contributed by atoms with van der Waals surface area (Å²) in [6.45, 7) is 1.75. The molecule has 6 heteroatoms. The quantitative estimate of drug-likeness (QED) is 0.917. The summed E-state index contributed by atoms with van der Waals surface area (Å²) in [4.78, 5) is 16.1. The molecule has 0 spiro atoms. The van der Waals surface area contributed by atoms with Gasteiger partial charge in [-0.2, -0.15) is 0 Å². The first kappa shape index (κ1) is 15.5. The number of amides is 1. The van der Waals surface area contributed by atoms with Gasteiger partial charge in [0.05, 0.1) is 12.4 Å². The number of benzene rings is 1. The molecule has 1 amide bonds. The number of carbonyl (C=O) groups excluding carboxylic acids is 1. The molecule has 0 radical (unpaired) electrons. The highest BCUT2D eigenvalue weighted by Gasteiger charge is 2.19. The Bertz CT molecular complexity index is 666. The first-order valence-corrected chi connectivity index (χ1v) is 7.88. The van der Waals surface area contributed by atoms with Crippen LogP contribution >= 0.6 is 0 Å². The minimum atomic E-state index is -0.454. The molecule has 1 aliphatic carbocycles. The molecule has 1 aromatic carbocycles. The Labute approximate surface area is 134 Å². The molecule has 1 unspecified atom stereocenters. The van der Waals surface area contributed by atoms with Crippen LogP contribution in [0.25, 0.3) is 0 Å². The topological polar surface area (TPSA) is 56.1 Å². The van der Waals surface area contributed by atoms with E-state index in [2.05, 4.69) is 10.3 Å². The van der Waals surface area contributed by atoms with Gasteiger partial charge in [-0.15, -0.1) is 0 Å². The number of nitrogens with zero attached hydrogens (tertiary/aromatic N) is 2. The Hall–Kier alpha value is -2.37. The van der Waals surface area contributed by atoms with Gasteiger partial charge in [0.15, 0.2) is 11.6 Å². The summed E-state index contributed by atoms with van der Waals surface area (Å²) in [6.07, 6.45) is 9.21. The lowest BCUT2D eigenvalue weighted by Gasteiger charge is -2.16. The van der Waals surface area contributed by atoms with E-state index in [4.69, 9.17) is 4.74 Å². The van der Waals surface area contributed by atoms with Crippen molar-refractivity contribution in [1.82, 2.24) is 9.55 Å². The molecule has 122 valence electrons. The molecule has 2 aromatic rings. The smallest absolute Gasteiger partial charge is 0.247 e. The maximum absolute atomic E-state index is 14.1. The van der Waals surface area contributed by atoms with Crippen molar-refractivity contribution in [3.8, 4) is 5.75 Å². The third-order valence-electron chi connectivity index (χ3n) is 4.15. The summed E-state index contributed by atoms with van der Waals surface area (Å²) in [6, 6.07) is 4.11. The number of halogens is 1. The molecule has 23 heavy (non-hydrogen) atoms. The van der Waals surface area contributed by atoms with E-state index in [0.29, 0.717) is 5.69 Å². The van der Waals surface area contributed by atoms with Crippen LogP contribution < -0.4 is 10.1 Å². The fraction of sp³-hybridized carbons (Fsp3) is 0.412. The second kappa shape index (κ2) is 6.81. The number of ether oxygens (including phenoxy) is 1. The van der Waals surface area contributed by atoms with E-state index in [9.17, 15) is 9.18 Å². The first-order chi connectivity index (χ1) is 11.1. The summed E-state index contributed by atoms with van der Waals surface area (Å²) in [7, 11) is 0. The largest absolute Gasteiger partial charge is 0.487 e. The zero-order chi connectivity index (χ0) is 16.2. The molecule has 5 nitrogen and oxygen atoms in total. The van der Waals surface area contributed by atoms with Crippen molar-refractivity contribution >= 4 is 11.6 Å². The number of carbonyl (C=O) groups is 1. The van der Waals surface area contributed by atoms with Crippen LogP contribution in [0.2, 0.25) is 0 Å². The van der Waals surface area contributed by atoms with Gasteiger partial charge in [0.25, 0.3) is 0 Å². The molecule has 0 bridgehead atoms. The molecule has 3 rings (SSSR count). The van der Waals surface area contributed by atoms with Crippen LogP contribution in [0, 0.1) is 5.82 Å². The lowest BCUT2D eigenvalue weighted by atomic mass is 10.2. The van der Waals surface area contributed by atoms with Crippen LogP contribution in [0.5, 0.6) is 5.75 Å². The number of imidazole rings is 1. The summed E-state index contributed by atoms with van der Waals surface area (Å²) in [5.74, 6) is -0.436. The standard InChI is InChI=1S/C17H20FN3O2/c1-12(21-9-8-19-11-21)17(22)20-13-6-7-16(15(18)10-13)23-14-4-2-3-5-14/h6-12,14H,2-5H2,1H3,(H,20,22). The van der Waals surface area contributed by atoms with Crippen molar-refractivity contribution in [2.75, 3.05) is 5.32 Å². The van der Waals surface area contributed by atoms with Gasteiger partial charge < -0.3 is 14.6 Å². The Morgan fingerprint density at radius 2 is 2.22 bits per heavy atom. The molecule has 0 saturated heterocycles. The number of aromatic nitrogens is 2. The SMILES string of the molecule is CC(C(=O)Nc1ccc(OC2CCCC2)c(F)c1)n1ccnc1. The highest BCUT2D eigenvalue weighted by atomic mass is 19.1. The van der Waals surface area contributed by atoms with E-state index in [0.717, 1.165) is 25.7 Å². The lowest BCUT2D eigenvalue weighted by molar-refractivity contribution is -0.118. The average Bonchev–Trinajstić information content (AvgIpc) is 3.22. The van der Waals surface area contributed by atoms with E-state index < -0.39 is 11.9 Å². The zero-order valence-corrected chi connectivity index (χ0v) is 13.0. The molecule has 1 atom stereocenters. The van der Waals surface area contributed by atoms with Crippen molar-refractivity contribution in [3.05, 3.63) is 42.7 Å². The van der Waals surface area contributed by atoms with E-state index in [1.807, 2.05) is 0 Å². The molecule has 1 N–H and O–H groups in total. The number of anilines is 1. The van der Waals surface area contributed by atoms with Crippen molar-refractivity contribution in [3.63, 3.8) is 0 Å². The summed E-state index contributed by atoms with van der Waals surface area (Å²) < 4.78 is 21.5. The molecule has 1 aromatic heterocycles. The van der Waals surface area contributed by atoms with Crippen LogP contribution in [0.3, 0.4) is 0 Å². The second-order valence-corrected chi connectivity index (χ2v) is 5.84. The van der Waals surface area contributed by atoms with Gasteiger partial charge in [-0.25, -0.2) is 9.37 Å². The van der Waals surface area contributed by atoms with Crippen LogP contribution in [-0.4, -0.2) is 21.6 Å². The minimum absolute atomic E-state index is 0.103.